The molecule has 0 spiro atoms. The average Bonchev–Trinajstić information content (AvgIpc) is 2.74. The highest BCUT2D eigenvalue weighted by atomic mass is 32.2. The molecule has 0 radical (unpaired) electrons. The molecule has 1 amide bonds. The molecule has 2 aromatic carbocycles. The molecule has 1 aliphatic rings. The lowest BCUT2D eigenvalue weighted by Crippen LogP contribution is -3.10. The van der Waals surface area contributed by atoms with Crippen LogP contribution in [0.1, 0.15) is 28.8 Å². The number of nitrogens with zero attached hydrogens (tertiary/aromatic N) is 2. The number of nitriles is 1. The molecule has 3 rings (SSSR count). The number of piperidine rings is 1. The standard InChI is InChI=1S/C21H24N4O3S/c1-24-12-10-19(11-13-24)25(2)29(27,28)20-8-6-18(7-9-20)23-21(26)17-5-3-4-16(14-17)15-22/h3-9,14,19H,10-13H2,1-2H3,(H,23,26)/p+1. The van der Waals surface area contributed by atoms with Gasteiger partial charge in [-0.15, -0.1) is 0 Å². The Balaban J connectivity index is 1.70. The van der Waals surface area contributed by atoms with Gasteiger partial charge in [0, 0.05) is 37.2 Å². The van der Waals surface area contributed by atoms with E-state index in [1.54, 1.807) is 37.4 Å². The summed E-state index contributed by atoms with van der Waals surface area (Å²) < 4.78 is 27.4. The van der Waals surface area contributed by atoms with Gasteiger partial charge < -0.3 is 10.2 Å². The largest absolute Gasteiger partial charge is 0.337 e. The lowest BCUT2D eigenvalue weighted by molar-refractivity contribution is -0.885. The van der Waals surface area contributed by atoms with E-state index in [1.807, 2.05) is 6.07 Å². The van der Waals surface area contributed by atoms with E-state index in [4.69, 9.17) is 5.26 Å². The van der Waals surface area contributed by atoms with Crippen molar-refractivity contribution in [3.63, 3.8) is 0 Å². The van der Waals surface area contributed by atoms with E-state index >= 15 is 0 Å². The number of anilines is 1. The number of hydrogen-bond donors (Lipinski definition) is 2. The SMILES string of the molecule is CN(C1CC[NH+](C)CC1)S(=O)(=O)c1ccc(NC(=O)c2cccc(C#N)c2)cc1. The van der Waals surface area contributed by atoms with Crippen molar-refractivity contribution in [2.24, 2.45) is 0 Å². The fourth-order valence-electron chi connectivity index (χ4n) is 3.46. The molecule has 29 heavy (non-hydrogen) atoms. The van der Waals surface area contributed by atoms with Crippen LogP contribution >= 0.6 is 0 Å². The Morgan fingerprint density at radius 3 is 2.45 bits per heavy atom. The van der Waals surface area contributed by atoms with Gasteiger partial charge in [-0.3, -0.25) is 4.79 Å². The Labute approximate surface area is 171 Å². The maximum atomic E-state index is 12.9. The zero-order valence-corrected chi connectivity index (χ0v) is 17.4. The Morgan fingerprint density at radius 1 is 1.17 bits per heavy atom. The molecule has 0 bridgehead atoms. The number of rotatable bonds is 5. The van der Waals surface area contributed by atoms with E-state index in [1.165, 1.54) is 27.4 Å². The normalized spacial score (nSPS) is 19.5. The van der Waals surface area contributed by atoms with Crippen LogP contribution in [0.5, 0.6) is 0 Å². The summed E-state index contributed by atoms with van der Waals surface area (Å²) in [7, 11) is 0.170. The van der Waals surface area contributed by atoms with Crippen molar-refractivity contribution in [2.45, 2.75) is 23.8 Å². The Bertz CT molecular complexity index is 1020. The number of amides is 1. The molecule has 0 aromatic heterocycles. The van der Waals surface area contributed by atoms with Crippen molar-refractivity contribution in [3.05, 3.63) is 59.7 Å². The summed E-state index contributed by atoms with van der Waals surface area (Å²) in [6, 6.07) is 14.6. The van der Waals surface area contributed by atoms with Crippen LogP contribution in [0.4, 0.5) is 5.69 Å². The first-order valence-electron chi connectivity index (χ1n) is 9.52. The van der Waals surface area contributed by atoms with E-state index in [9.17, 15) is 13.2 Å². The van der Waals surface area contributed by atoms with E-state index in [2.05, 4.69) is 12.4 Å². The number of quaternary nitrogens is 1. The van der Waals surface area contributed by atoms with E-state index in [-0.39, 0.29) is 16.8 Å². The van der Waals surface area contributed by atoms with Gasteiger partial charge in [-0.2, -0.15) is 9.57 Å². The average molecular weight is 414 g/mol. The molecular weight excluding hydrogens is 388 g/mol. The highest BCUT2D eigenvalue weighted by molar-refractivity contribution is 7.89. The van der Waals surface area contributed by atoms with Crippen molar-refractivity contribution in [2.75, 3.05) is 32.5 Å². The van der Waals surface area contributed by atoms with E-state index < -0.39 is 10.0 Å². The number of likely N-dealkylation sites (tertiary alicyclic amines) is 1. The zero-order valence-electron chi connectivity index (χ0n) is 16.6. The summed E-state index contributed by atoms with van der Waals surface area (Å²) in [6.45, 7) is 1.92. The molecule has 0 atom stereocenters. The second-order valence-electron chi connectivity index (χ2n) is 7.38. The first kappa shape index (κ1) is 21.0. The minimum absolute atomic E-state index is 0.00971. The van der Waals surface area contributed by atoms with Crippen LogP contribution in [0, 0.1) is 11.3 Å². The molecule has 0 saturated carbocycles. The van der Waals surface area contributed by atoms with Gasteiger partial charge in [0.2, 0.25) is 10.0 Å². The monoisotopic (exact) mass is 413 g/mol. The highest BCUT2D eigenvalue weighted by Crippen LogP contribution is 2.22. The number of sulfonamides is 1. The molecule has 8 heteroatoms. The number of hydrogen-bond acceptors (Lipinski definition) is 4. The fourth-order valence-corrected chi connectivity index (χ4v) is 4.88. The van der Waals surface area contributed by atoms with E-state index in [0.717, 1.165) is 25.9 Å². The molecule has 2 N–H and O–H groups in total. The van der Waals surface area contributed by atoms with Crippen molar-refractivity contribution in [3.8, 4) is 6.07 Å². The third kappa shape index (κ3) is 4.82. The fraction of sp³-hybridized carbons (Fsp3) is 0.333. The summed E-state index contributed by atoms with van der Waals surface area (Å²) >= 11 is 0. The molecule has 152 valence electrons. The molecule has 2 aromatic rings. The lowest BCUT2D eigenvalue weighted by Gasteiger charge is -2.32. The van der Waals surface area contributed by atoms with Crippen LogP contribution in [0.15, 0.2) is 53.4 Å². The van der Waals surface area contributed by atoms with E-state index in [0.29, 0.717) is 16.8 Å². The minimum Gasteiger partial charge on any atom is -0.337 e. The van der Waals surface area contributed by atoms with Gasteiger partial charge >= 0.3 is 0 Å². The predicted molar refractivity (Wildman–Crippen MR) is 110 cm³/mol. The lowest BCUT2D eigenvalue weighted by atomic mass is 10.1. The summed E-state index contributed by atoms with van der Waals surface area (Å²) in [4.78, 5) is 14.0. The van der Waals surface area contributed by atoms with Gasteiger partial charge in [0.1, 0.15) is 0 Å². The summed E-state index contributed by atoms with van der Waals surface area (Å²) in [5.41, 5.74) is 1.25. The van der Waals surface area contributed by atoms with Gasteiger partial charge in [0.25, 0.3) is 5.91 Å². The minimum atomic E-state index is -3.59. The van der Waals surface area contributed by atoms with Crippen LogP contribution in [0.25, 0.3) is 0 Å². The topological polar surface area (TPSA) is 94.7 Å². The first-order chi connectivity index (χ1) is 13.8. The molecule has 1 saturated heterocycles. The van der Waals surface area contributed by atoms with Crippen LogP contribution in [-0.4, -0.2) is 51.9 Å². The van der Waals surface area contributed by atoms with Crippen LogP contribution in [0.2, 0.25) is 0 Å². The molecule has 1 heterocycles. The first-order valence-corrected chi connectivity index (χ1v) is 11.0. The van der Waals surface area contributed by atoms with Crippen LogP contribution in [-0.2, 0) is 10.0 Å². The molecule has 1 fully saturated rings. The molecule has 1 aliphatic heterocycles. The van der Waals surface area contributed by atoms with Crippen molar-refractivity contribution in [1.82, 2.24) is 4.31 Å². The maximum Gasteiger partial charge on any atom is 0.255 e. The van der Waals surface area contributed by atoms with Gasteiger partial charge in [-0.1, -0.05) is 6.07 Å². The number of carbonyl (C=O) groups is 1. The molecule has 0 unspecified atom stereocenters. The predicted octanol–water partition coefficient (Wildman–Crippen LogP) is 1.11. The molecule has 0 aliphatic carbocycles. The second-order valence-corrected chi connectivity index (χ2v) is 9.38. The van der Waals surface area contributed by atoms with Crippen molar-refractivity contribution in [1.29, 1.82) is 5.26 Å². The molecular formula is C21H25N4O3S+. The highest BCUT2D eigenvalue weighted by Gasteiger charge is 2.31. The third-order valence-corrected chi connectivity index (χ3v) is 7.29. The number of carbonyl (C=O) groups excluding carboxylic acids is 1. The summed E-state index contributed by atoms with van der Waals surface area (Å²) in [6.07, 6.45) is 1.69. The number of nitrogens with one attached hydrogen (secondary N) is 2. The quantitative estimate of drug-likeness (QED) is 0.768. The van der Waals surface area contributed by atoms with Crippen molar-refractivity contribution >= 4 is 21.6 Å². The van der Waals surface area contributed by atoms with Gasteiger partial charge in [0.05, 0.1) is 36.7 Å². The van der Waals surface area contributed by atoms with Gasteiger partial charge in [0.15, 0.2) is 0 Å². The summed E-state index contributed by atoms with van der Waals surface area (Å²) in [5.74, 6) is -0.358. The third-order valence-electron chi connectivity index (χ3n) is 5.37. The maximum absolute atomic E-state index is 12.9. The van der Waals surface area contributed by atoms with Crippen LogP contribution < -0.4 is 10.2 Å². The smallest absolute Gasteiger partial charge is 0.255 e. The Kier molecular flexibility index (Phi) is 6.33. The van der Waals surface area contributed by atoms with Gasteiger partial charge in [-0.05, 0) is 42.5 Å². The number of benzene rings is 2. The second kappa shape index (κ2) is 8.74. The molecule has 7 nitrogen and oxygen atoms in total. The summed E-state index contributed by atoms with van der Waals surface area (Å²) in [5, 5.41) is 11.7. The van der Waals surface area contributed by atoms with Crippen LogP contribution in [0.3, 0.4) is 0 Å². The van der Waals surface area contributed by atoms with Gasteiger partial charge in [-0.25, -0.2) is 8.42 Å². The Hall–Kier alpha value is -2.73. The Morgan fingerprint density at radius 2 is 1.83 bits per heavy atom. The van der Waals surface area contributed by atoms with Crippen molar-refractivity contribution < 1.29 is 18.1 Å². The zero-order chi connectivity index (χ0) is 21.0.